The maximum atomic E-state index is 2.45. The summed E-state index contributed by atoms with van der Waals surface area (Å²) < 4.78 is 0. The molecule has 3 saturated carbocycles. The number of hydrogen-bond acceptors (Lipinski definition) is 0. The van der Waals surface area contributed by atoms with Crippen LogP contribution in [0.4, 0.5) is 0 Å². The average molecular weight is 248 g/mol. The molecule has 8 atom stereocenters. The second-order valence-corrected chi connectivity index (χ2v) is 7.43. The van der Waals surface area contributed by atoms with Crippen LogP contribution in [0.15, 0.2) is 0 Å². The molecule has 0 aromatic carbocycles. The number of fused-ring (bicyclic) bond motifs is 5. The molecule has 0 heterocycles. The van der Waals surface area contributed by atoms with Crippen LogP contribution in [0.2, 0.25) is 0 Å². The first-order valence-electron chi connectivity index (χ1n) is 8.76. The molecule has 104 valence electrons. The Hall–Kier alpha value is 0. The van der Waals surface area contributed by atoms with Gasteiger partial charge in [-0.2, -0.15) is 0 Å². The zero-order valence-electron chi connectivity index (χ0n) is 12.9. The lowest BCUT2D eigenvalue weighted by molar-refractivity contribution is 0.0721. The lowest BCUT2D eigenvalue weighted by Gasteiger charge is -2.41. The molecule has 0 spiro atoms. The van der Waals surface area contributed by atoms with E-state index in [2.05, 4.69) is 27.7 Å². The van der Waals surface area contributed by atoms with E-state index in [1.165, 1.54) is 25.7 Å². The van der Waals surface area contributed by atoms with Crippen molar-refractivity contribution in [1.29, 1.82) is 0 Å². The standard InChI is InChI=1S/C18H32/c1-5-11-9-12(6-2)18-16-10-15(17(11)18)13(7-3)14(16)8-4/h11-18H,5-10H2,1-4H3. The van der Waals surface area contributed by atoms with Crippen molar-refractivity contribution in [2.24, 2.45) is 47.3 Å². The SMILES string of the molecule is CCC1CC(CC)C2C3CC(C(CC)C3CC)C12. The molecule has 0 radical (unpaired) electrons. The summed E-state index contributed by atoms with van der Waals surface area (Å²) in [5.74, 6) is 8.86. The van der Waals surface area contributed by atoms with Crippen LogP contribution in [0.25, 0.3) is 0 Å². The molecule has 0 N–H and O–H groups in total. The van der Waals surface area contributed by atoms with Crippen molar-refractivity contribution in [3.8, 4) is 0 Å². The molecule has 3 rings (SSSR count). The van der Waals surface area contributed by atoms with Crippen molar-refractivity contribution < 1.29 is 0 Å². The van der Waals surface area contributed by atoms with Gasteiger partial charge in [-0.15, -0.1) is 0 Å². The highest BCUT2D eigenvalue weighted by atomic mass is 14.7. The molecule has 0 saturated heterocycles. The van der Waals surface area contributed by atoms with Gasteiger partial charge in [0.1, 0.15) is 0 Å². The van der Waals surface area contributed by atoms with E-state index in [1.807, 2.05) is 0 Å². The molecule has 2 bridgehead atoms. The lowest BCUT2D eigenvalue weighted by Crippen LogP contribution is -2.35. The van der Waals surface area contributed by atoms with E-state index in [-0.39, 0.29) is 0 Å². The molecule has 3 aliphatic rings. The first kappa shape index (κ1) is 13.0. The fourth-order valence-electron chi connectivity index (χ4n) is 6.87. The molecule has 0 amide bonds. The third-order valence-electron chi connectivity index (χ3n) is 7.31. The number of rotatable bonds is 4. The van der Waals surface area contributed by atoms with E-state index in [4.69, 9.17) is 0 Å². The third kappa shape index (κ3) is 1.56. The molecule has 3 fully saturated rings. The fourth-order valence-corrected chi connectivity index (χ4v) is 6.87. The van der Waals surface area contributed by atoms with E-state index < -0.39 is 0 Å². The van der Waals surface area contributed by atoms with E-state index in [0.29, 0.717) is 0 Å². The molecular formula is C18H32. The third-order valence-corrected chi connectivity index (χ3v) is 7.31. The minimum atomic E-state index is 1.09. The summed E-state index contributed by atoms with van der Waals surface area (Å²) in [6.45, 7) is 9.81. The van der Waals surface area contributed by atoms with E-state index in [9.17, 15) is 0 Å². The highest BCUT2D eigenvalue weighted by Gasteiger charge is 2.62. The second-order valence-electron chi connectivity index (χ2n) is 7.43. The van der Waals surface area contributed by atoms with Crippen molar-refractivity contribution in [3.63, 3.8) is 0 Å². The number of hydrogen-bond donors (Lipinski definition) is 0. The van der Waals surface area contributed by atoms with Crippen LogP contribution in [0, 0.1) is 47.3 Å². The zero-order valence-corrected chi connectivity index (χ0v) is 12.9. The van der Waals surface area contributed by atoms with Crippen molar-refractivity contribution in [2.75, 3.05) is 0 Å². The van der Waals surface area contributed by atoms with E-state index in [0.717, 1.165) is 47.3 Å². The quantitative estimate of drug-likeness (QED) is 0.627. The minimum absolute atomic E-state index is 1.09. The molecule has 0 aromatic rings. The Morgan fingerprint density at radius 2 is 1.06 bits per heavy atom. The highest BCUT2D eigenvalue weighted by Crippen LogP contribution is 2.68. The van der Waals surface area contributed by atoms with Crippen LogP contribution in [0.5, 0.6) is 0 Å². The molecule has 0 aliphatic heterocycles. The Labute approximate surface area is 114 Å². The monoisotopic (exact) mass is 248 g/mol. The predicted molar refractivity (Wildman–Crippen MR) is 78.3 cm³/mol. The van der Waals surface area contributed by atoms with Gasteiger partial charge in [0.05, 0.1) is 0 Å². The first-order chi connectivity index (χ1) is 8.76. The van der Waals surface area contributed by atoms with Crippen molar-refractivity contribution in [1.82, 2.24) is 0 Å². The molecule has 0 aromatic heterocycles. The molecule has 8 unspecified atom stereocenters. The maximum Gasteiger partial charge on any atom is -0.0321 e. The van der Waals surface area contributed by atoms with Crippen LogP contribution < -0.4 is 0 Å². The Kier molecular flexibility index (Phi) is 3.49. The van der Waals surface area contributed by atoms with Crippen molar-refractivity contribution in [2.45, 2.75) is 66.2 Å². The van der Waals surface area contributed by atoms with Gasteiger partial charge in [0.25, 0.3) is 0 Å². The molecule has 0 heteroatoms. The van der Waals surface area contributed by atoms with Crippen LogP contribution >= 0.6 is 0 Å². The fraction of sp³-hybridized carbons (Fsp3) is 1.00. The van der Waals surface area contributed by atoms with Gasteiger partial charge in [-0.1, -0.05) is 53.4 Å². The van der Waals surface area contributed by atoms with Gasteiger partial charge in [0.2, 0.25) is 0 Å². The second kappa shape index (κ2) is 4.84. The Balaban J connectivity index is 1.88. The summed E-state index contributed by atoms with van der Waals surface area (Å²) in [7, 11) is 0. The normalized spacial score (nSPS) is 54.0. The lowest BCUT2D eigenvalue weighted by atomic mass is 9.64. The Morgan fingerprint density at radius 1 is 0.611 bits per heavy atom. The summed E-state index contributed by atoms with van der Waals surface area (Å²) >= 11 is 0. The van der Waals surface area contributed by atoms with Crippen LogP contribution in [-0.2, 0) is 0 Å². The largest absolute Gasteiger partial charge is 0.0651 e. The minimum Gasteiger partial charge on any atom is -0.0651 e. The summed E-state index contributed by atoms with van der Waals surface area (Å²) in [4.78, 5) is 0. The predicted octanol–water partition coefficient (Wildman–Crippen LogP) is 5.38. The molecule has 0 nitrogen and oxygen atoms in total. The zero-order chi connectivity index (χ0) is 12.9. The first-order valence-corrected chi connectivity index (χ1v) is 8.76. The Bertz CT molecular complexity index is 266. The van der Waals surface area contributed by atoms with Crippen molar-refractivity contribution in [3.05, 3.63) is 0 Å². The van der Waals surface area contributed by atoms with Crippen LogP contribution in [0.1, 0.15) is 66.2 Å². The van der Waals surface area contributed by atoms with Crippen LogP contribution in [0.3, 0.4) is 0 Å². The van der Waals surface area contributed by atoms with Gasteiger partial charge in [0, 0.05) is 0 Å². The van der Waals surface area contributed by atoms with E-state index in [1.54, 1.807) is 12.8 Å². The van der Waals surface area contributed by atoms with Crippen LogP contribution in [-0.4, -0.2) is 0 Å². The van der Waals surface area contributed by atoms with Gasteiger partial charge in [-0.05, 0) is 60.2 Å². The highest BCUT2D eigenvalue weighted by molar-refractivity contribution is 5.10. The summed E-state index contributed by atoms with van der Waals surface area (Å²) in [6, 6.07) is 0. The van der Waals surface area contributed by atoms with Gasteiger partial charge in [-0.25, -0.2) is 0 Å². The molecular weight excluding hydrogens is 216 g/mol. The topological polar surface area (TPSA) is 0 Å². The molecule has 3 aliphatic carbocycles. The molecule has 18 heavy (non-hydrogen) atoms. The van der Waals surface area contributed by atoms with E-state index >= 15 is 0 Å². The maximum absolute atomic E-state index is 2.45. The van der Waals surface area contributed by atoms with Gasteiger partial charge in [0.15, 0.2) is 0 Å². The smallest absolute Gasteiger partial charge is 0.0321 e. The summed E-state index contributed by atoms with van der Waals surface area (Å²) in [6.07, 6.45) is 9.00. The van der Waals surface area contributed by atoms with Gasteiger partial charge < -0.3 is 0 Å². The van der Waals surface area contributed by atoms with Crippen molar-refractivity contribution >= 4 is 0 Å². The summed E-state index contributed by atoms with van der Waals surface area (Å²) in [5, 5.41) is 0. The average Bonchev–Trinajstić information content (AvgIpc) is 3.05. The summed E-state index contributed by atoms with van der Waals surface area (Å²) in [5.41, 5.74) is 0. The van der Waals surface area contributed by atoms with Gasteiger partial charge in [-0.3, -0.25) is 0 Å². The van der Waals surface area contributed by atoms with Gasteiger partial charge >= 0.3 is 0 Å². The Morgan fingerprint density at radius 3 is 1.39 bits per heavy atom.